The Labute approximate surface area is 71.0 Å². The van der Waals surface area contributed by atoms with Gasteiger partial charge < -0.3 is 10.4 Å². The molecule has 0 aliphatic heterocycles. The highest BCUT2D eigenvalue weighted by Gasteiger charge is 2.11. The van der Waals surface area contributed by atoms with Crippen molar-refractivity contribution in [2.24, 2.45) is 0 Å². The van der Waals surface area contributed by atoms with Crippen LogP contribution >= 0.6 is 0 Å². The Balaban J connectivity index is 3.07. The zero-order valence-corrected chi connectivity index (χ0v) is 7.13. The molecule has 3 heteroatoms. The molecule has 1 rings (SSSR count). The van der Waals surface area contributed by atoms with E-state index in [-0.39, 0.29) is 11.8 Å². The number of halogens is 1. The van der Waals surface area contributed by atoms with E-state index < -0.39 is 5.82 Å². The van der Waals surface area contributed by atoms with E-state index in [0.29, 0.717) is 5.56 Å². The summed E-state index contributed by atoms with van der Waals surface area (Å²) in [6.45, 7) is 1.83. The minimum absolute atomic E-state index is 0.0860. The van der Waals surface area contributed by atoms with Gasteiger partial charge in [-0.2, -0.15) is 0 Å². The maximum Gasteiger partial charge on any atom is 0.169 e. The first-order valence-corrected chi connectivity index (χ1v) is 3.81. The van der Waals surface area contributed by atoms with Crippen LogP contribution in [0.25, 0.3) is 0 Å². The first-order valence-electron chi connectivity index (χ1n) is 3.81. The second kappa shape index (κ2) is 3.54. The summed E-state index contributed by atoms with van der Waals surface area (Å²) in [5, 5.41) is 11.9. The molecule has 0 amide bonds. The van der Waals surface area contributed by atoms with Gasteiger partial charge in [0.25, 0.3) is 0 Å². The lowest BCUT2D eigenvalue weighted by atomic mass is 10.1. The Morgan fingerprint density at radius 1 is 1.50 bits per heavy atom. The molecule has 0 heterocycles. The Morgan fingerprint density at radius 3 is 2.75 bits per heavy atom. The molecule has 1 aromatic carbocycles. The molecule has 0 radical (unpaired) electrons. The van der Waals surface area contributed by atoms with Crippen molar-refractivity contribution in [1.29, 1.82) is 0 Å². The molecule has 0 aliphatic carbocycles. The lowest BCUT2D eigenvalue weighted by Crippen LogP contribution is -2.13. The standard InChI is InChI=1S/C9H12FNO/c1-6(11-2)7-4-3-5-8(12)9(7)10/h3-6,11-12H,1-2H3. The third kappa shape index (κ3) is 1.56. The molecule has 1 unspecified atom stereocenters. The van der Waals surface area contributed by atoms with E-state index in [1.165, 1.54) is 6.07 Å². The third-order valence-electron chi connectivity index (χ3n) is 1.91. The van der Waals surface area contributed by atoms with E-state index in [2.05, 4.69) is 5.32 Å². The number of phenols is 1. The van der Waals surface area contributed by atoms with E-state index in [1.807, 2.05) is 6.92 Å². The van der Waals surface area contributed by atoms with Gasteiger partial charge in [0.2, 0.25) is 0 Å². The Hall–Kier alpha value is -1.09. The number of hydrogen-bond donors (Lipinski definition) is 2. The van der Waals surface area contributed by atoms with Crippen LogP contribution < -0.4 is 5.32 Å². The van der Waals surface area contributed by atoms with Crippen molar-refractivity contribution >= 4 is 0 Å². The van der Waals surface area contributed by atoms with Gasteiger partial charge >= 0.3 is 0 Å². The number of benzene rings is 1. The Morgan fingerprint density at radius 2 is 2.17 bits per heavy atom. The molecule has 12 heavy (non-hydrogen) atoms. The summed E-state index contributed by atoms with van der Waals surface area (Å²) in [6, 6.07) is 4.52. The van der Waals surface area contributed by atoms with Gasteiger partial charge in [0.1, 0.15) is 0 Å². The molecule has 0 bridgehead atoms. The highest BCUT2D eigenvalue weighted by Crippen LogP contribution is 2.23. The van der Waals surface area contributed by atoms with Crippen LogP contribution in [0.15, 0.2) is 18.2 Å². The molecule has 0 spiro atoms. The fourth-order valence-electron chi connectivity index (χ4n) is 1.03. The quantitative estimate of drug-likeness (QED) is 0.707. The highest BCUT2D eigenvalue weighted by molar-refractivity contribution is 5.31. The van der Waals surface area contributed by atoms with E-state index in [1.54, 1.807) is 19.2 Å². The number of phenolic OH excluding ortho intramolecular Hbond substituents is 1. The van der Waals surface area contributed by atoms with Crippen molar-refractivity contribution < 1.29 is 9.50 Å². The Kier molecular flexibility index (Phi) is 2.65. The molecule has 0 saturated heterocycles. The third-order valence-corrected chi connectivity index (χ3v) is 1.91. The molecule has 0 saturated carbocycles. The predicted molar refractivity (Wildman–Crippen MR) is 45.5 cm³/mol. The van der Waals surface area contributed by atoms with E-state index in [0.717, 1.165) is 0 Å². The molecule has 1 aromatic rings. The number of hydrogen-bond acceptors (Lipinski definition) is 2. The molecular formula is C9H12FNO. The van der Waals surface area contributed by atoms with Gasteiger partial charge in [0.15, 0.2) is 11.6 Å². The largest absolute Gasteiger partial charge is 0.505 e. The summed E-state index contributed by atoms with van der Waals surface area (Å²) in [7, 11) is 1.74. The van der Waals surface area contributed by atoms with Crippen LogP contribution in [0.5, 0.6) is 5.75 Å². The zero-order valence-electron chi connectivity index (χ0n) is 7.13. The van der Waals surface area contributed by atoms with Crippen molar-refractivity contribution in [3.05, 3.63) is 29.6 Å². The van der Waals surface area contributed by atoms with Crippen molar-refractivity contribution in [2.45, 2.75) is 13.0 Å². The minimum Gasteiger partial charge on any atom is -0.505 e. The van der Waals surface area contributed by atoms with E-state index >= 15 is 0 Å². The van der Waals surface area contributed by atoms with E-state index in [4.69, 9.17) is 5.11 Å². The average Bonchev–Trinajstić information content (AvgIpc) is 2.08. The Bertz CT molecular complexity index is 275. The molecule has 0 aromatic heterocycles. The van der Waals surface area contributed by atoms with Crippen LogP contribution in [-0.4, -0.2) is 12.2 Å². The summed E-state index contributed by atoms with van der Waals surface area (Å²) < 4.78 is 13.1. The number of aromatic hydroxyl groups is 1. The van der Waals surface area contributed by atoms with Crippen molar-refractivity contribution in [2.75, 3.05) is 7.05 Å². The average molecular weight is 169 g/mol. The summed E-state index contributed by atoms with van der Waals surface area (Å²) in [5.41, 5.74) is 0.484. The highest BCUT2D eigenvalue weighted by atomic mass is 19.1. The van der Waals surface area contributed by atoms with Crippen LogP contribution in [0.2, 0.25) is 0 Å². The first kappa shape index (κ1) is 9.00. The minimum atomic E-state index is -0.542. The van der Waals surface area contributed by atoms with Crippen molar-refractivity contribution in [3.63, 3.8) is 0 Å². The van der Waals surface area contributed by atoms with Gasteiger partial charge in [-0.05, 0) is 20.0 Å². The first-order chi connectivity index (χ1) is 5.66. The van der Waals surface area contributed by atoms with Crippen molar-refractivity contribution in [1.82, 2.24) is 5.32 Å². The molecule has 1 atom stereocenters. The molecular weight excluding hydrogens is 157 g/mol. The van der Waals surface area contributed by atoms with Crippen LogP contribution in [0.1, 0.15) is 18.5 Å². The van der Waals surface area contributed by atoms with Crippen LogP contribution in [-0.2, 0) is 0 Å². The van der Waals surface area contributed by atoms with Gasteiger partial charge in [-0.25, -0.2) is 4.39 Å². The monoisotopic (exact) mass is 169 g/mol. The van der Waals surface area contributed by atoms with Gasteiger partial charge in [0.05, 0.1) is 0 Å². The van der Waals surface area contributed by atoms with Gasteiger partial charge in [0, 0.05) is 11.6 Å². The fraction of sp³-hybridized carbons (Fsp3) is 0.333. The van der Waals surface area contributed by atoms with Gasteiger partial charge in [-0.3, -0.25) is 0 Å². The van der Waals surface area contributed by atoms with Crippen LogP contribution in [0.4, 0.5) is 4.39 Å². The molecule has 66 valence electrons. The van der Waals surface area contributed by atoms with Crippen LogP contribution in [0.3, 0.4) is 0 Å². The second-order valence-corrected chi connectivity index (χ2v) is 2.69. The van der Waals surface area contributed by atoms with Crippen LogP contribution in [0, 0.1) is 5.82 Å². The van der Waals surface area contributed by atoms with Gasteiger partial charge in [-0.1, -0.05) is 12.1 Å². The lowest BCUT2D eigenvalue weighted by molar-refractivity contribution is 0.423. The van der Waals surface area contributed by atoms with Crippen molar-refractivity contribution in [3.8, 4) is 5.75 Å². The lowest BCUT2D eigenvalue weighted by Gasteiger charge is -2.11. The van der Waals surface area contributed by atoms with Gasteiger partial charge in [-0.15, -0.1) is 0 Å². The smallest absolute Gasteiger partial charge is 0.169 e. The molecule has 0 fully saturated rings. The fourth-order valence-corrected chi connectivity index (χ4v) is 1.03. The number of nitrogens with one attached hydrogen (secondary N) is 1. The summed E-state index contributed by atoms with van der Waals surface area (Å²) in [5.74, 6) is -0.839. The molecule has 2 nitrogen and oxygen atoms in total. The zero-order chi connectivity index (χ0) is 9.14. The topological polar surface area (TPSA) is 32.3 Å². The summed E-state index contributed by atoms with van der Waals surface area (Å²) in [4.78, 5) is 0. The predicted octanol–water partition coefficient (Wildman–Crippen LogP) is 1.81. The normalized spacial score (nSPS) is 12.9. The maximum absolute atomic E-state index is 13.1. The summed E-state index contributed by atoms with van der Waals surface area (Å²) >= 11 is 0. The van der Waals surface area contributed by atoms with E-state index in [9.17, 15) is 4.39 Å². The SMILES string of the molecule is CNC(C)c1cccc(O)c1F. The summed E-state index contributed by atoms with van der Waals surface area (Å²) in [6.07, 6.45) is 0. The molecule has 0 aliphatic rings. The molecule has 2 N–H and O–H groups in total. The number of rotatable bonds is 2. The maximum atomic E-state index is 13.1. The second-order valence-electron chi connectivity index (χ2n) is 2.69.